The zero-order valence-corrected chi connectivity index (χ0v) is 18.4. The van der Waals surface area contributed by atoms with Gasteiger partial charge in [-0.3, -0.25) is 4.90 Å². The van der Waals surface area contributed by atoms with Crippen LogP contribution in [0.15, 0.2) is 60.9 Å². The van der Waals surface area contributed by atoms with Crippen LogP contribution in [-0.2, 0) is 11.3 Å². The van der Waals surface area contributed by atoms with E-state index in [-0.39, 0.29) is 5.56 Å². The zero-order valence-electron chi connectivity index (χ0n) is 18.4. The Bertz CT molecular complexity index is 1450. The first-order valence-electron chi connectivity index (χ1n) is 10.6. The Hall–Kier alpha value is -3.62. The van der Waals surface area contributed by atoms with E-state index in [2.05, 4.69) is 4.90 Å². The number of hydrogen-bond acceptors (Lipinski definition) is 8. The summed E-state index contributed by atoms with van der Waals surface area (Å²) in [4.78, 5) is 27.6. The Morgan fingerprint density at radius 3 is 2.70 bits per heavy atom. The maximum absolute atomic E-state index is 12.9. The second-order valence-corrected chi connectivity index (χ2v) is 7.90. The average molecular weight is 449 g/mol. The molecule has 0 fully saturated rings. The number of ether oxygens (including phenoxy) is 3. The van der Waals surface area contributed by atoms with E-state index in [4.69, 9.17) is 23.0 Å². The molecule has 0 atom stereocenters. The molecule has 5 rings (SSSR count). The largest absolute Gasteiger partial charge is 0.493 e. The van der Waals surface area contributed by atoms with Crippen molar-refractivity contribution in [3.8, 4) is 22.6 Å². The first-order valence-corrected chi connectivity index (χ1v) is 10.6. The predicted molar refractivity (Wildman–Crippen MR) is 123 cm³/mol. The fourth-order valence-electron chi connectivity index (χ4n) is 4.24. The molecule has 4 aromatic rings. The van der Waals surface area contributed by atoms with E-state index in [1.807, 2.05) is 24.3 Å². The van der Waals surface area contributed by atoms with Gasteiger partial charge in [0, 0.05) is 49.2 Å². The fraction of sp³-hybridized carbons (Fsp3) is 0.280. The molecule has 8 heteroatoms. The Balaban J connectivity index is 1.65. The molecule has 8 nitrogen and oxygen atoms in total. The minimum atomic E-state index is -0.561. The van der Waals surface area contributed by atoms with Crippen LogP contribution in [0.5, 0.6) is 11.5 Å². The molecule has 170 valence electrons. The van der Waals surface area contributed by atoms with Crippen LogP contribution < -0.4 is 20.7 Å². The Morgan fingerprint density at radius 2 is 1.88 bits per heavy atom. The van der Waals surface area contributed by atoms with Crippen molar-refractivity contribution in [2.24, 2.45) is 0 Å². The molecule has 0 aliphatic carbocycles. The van der Waals surface area contributed by atoms with Crippen LogP contribution in [0, 0.1) is 0 Å². The van der Waals surface area contributed by atoms with E-state index in [0.29, 0.717) is 58.9 Å². The van der Waals surface area contributed by atoms with E-state index in [9.17, 15) is 9.59 Å². The molecule has 2 aromatic heterocycles. The Labute approximate surface area is 188 Å². The minimum absolute atomic E-state index is 0.280. The lowest BCUT2D eigenvalue weighted by molar-refractivity contribution is 0.0837. The number of benzene rings is 2. The molecule has 33 heavy (non-hydrogen) atoms. The highest BCUT2D eigenvalue weighted by Crippen LogP contribution is 2.36. The first-order chi connectivity index (χ1) is 16.1. The third-order valence-corrected chi connectivity index (χ3v) is 5.81. The van der Waals surface area contributed by atoms with Crippen LogP contribution in [-0.4, -0.2) is 39.0 Å². The molecule has 0 bridgehead atoms. The summed E-state index contributed by atoms with van der Waals surface area (Å²) in [6.07, 6.45) is 0.858. The van der Waals surface area contributed by atoms with Gasteiger partial charge in [0.2, 0.25) is 0 Å². The Kier molecular flexibility index (Phi) is 5.62. The van der Waals surface area contributed by atoms with Gasteiger partial charge in [0.25, 0.3) is 0 Å². The monoisotopic (exact) mass is 449 g/mol. The summed E-state index contributed by atoms with van der Waals surface area (Å²) in [5.41, 5.74) is 1.18. The highest BCUT2D eigenvalue weighted by atomic mass is 16.5. The maximum Gasteiger partial charge on any atom is 0.344 e. The van der Waals surface area contributed by atoms with Gasteiger partial charge in [-0.1, -0.05) is 12.1 Å². The van der Waals surface area contributed by atoms with Gasteiger partial charge in [-0.25, -0.2) is 9.59 Å². The van der Waals surface area contributed by atoms with Gasteiger partial charge in [-0.15, -0.1) is 0 Å². The molecule has 0 N–H and O–H groups in total. The predicted octanol–water partition coefficient (Wildman–Crippen LogP) is 3.76. The molecule has 3 heterocycles. The lowest BCUT2D eigenvalue weighted by atomic mass is 9.99. The van der Waals surface area contributed by atoms with Crippen LogP contribution >= 0.6 is 0 Å². The molecule has 2 aromatic carbocycles. The van der Waals surface area contributed by atoms with Crippen molar-refractivity contribution in [3.63, 3.8) is 0 Å². The summed E-state index contributed by atoms with van der Waals surface area (Å²) < 4.78 is 27.5. The normalized spacial score (nSPS) is 13.8. The van der Waals surface area contributed by atoms with Gasteiger partial charge in [0.15, 0.2) is 11.3 Å². The minimum Gasteiger partial charge on any atom is -0.493 e. The Morgan fingerprint density at radius 1 is 1.00 bits per heavy atom. The number of nitrogens with zero attached hydrogens (tertiary/aromatic N) is 1. The van der Waals surface area contributed by atoms with Gasteiger partial charge in [0.05, 0.1) is 18.2 Å². The third-order valence-electron chi connectivity index (χ3n) is 5.81. The smallest absolute Gasteiger partial charge is 0.344 e. The van der Waals surface area contributed by atoms with Gasteiger partial charge in [-0.2, -0.15) is 0 Å². The van der Waals surface area contributed by atoms with E-state index in [1.165, 1.54) is 13.2 Å². The van der Waals surface area contributed by atoms with Crippen molar-refractivity contribution in [1.29, 1.82) is 0 Å². The zero-order chi connectivity index (χ0) is 22.9. The molecular formula is C25H23NO7. The summed E-state index contributed by atoms with van der Waals surface area (Å²) >= 11 is 0. The van der Waals surface area contributed by atoms with Gasteiger partial charge >= 0.3 is 11.3 Å². The number of hydrogen-bond donors (Lipinski definition) is 0. The molecule has 0 amide bonds. The third kappa shape index (κ3) is 3.88. The standard InChI is InChI=1S/C25H23NO7/c1-29-10-4-9-26-13-19-20(31-14-26)8-7-16-17(12-22(27)32-24(16)19)18-11-15-5-3-6-21(30-2)23(15)33-25(18)28/h3,5-8,11-12H,4,9-10,13-14H2,1-2H3. The number of para-hydroxylation sites is 1. The van der Waals surface area contributed by atoms with Crippen molar-refractivity contribution in [2.75, 3.05) is 34.1 Å². The second-order valence-electron chi connectivity index (χ2n) is 7.90. The lowest BCUT2D eigenvalue weighted by Crippen LogP contribution is -2.33. The van der Waals surface area contributed by atoms with Crippen LogP contribution in [0.25, 0.3) is 33.1 Å². The van der Waals surface area contributed by atoms with Crippen molar-refractivity contribution in [1.82, 2.24) is 4.90 Å². The molecule has 0 saturated heterocycles. The summed E-state index contributed by atoms with van der Waals surface area (Å²) in [5.74, 6) is 1.13. The fourth-order valence-corrected chi connectivity index (χ4v) is 4.24. The highest BCUT2D eigenvalue weighted by molar-refractivity contribution is 5.97. The molecule has 1 aliphatic rings. The van der Waals surface area contributed by atoms with E-state index in [0.717, 1.165) is 18.5 Å². The van der Waals surface area contributed by atoms with Crippen molar-refractivity contribution < 1.29 is 23.0 Å². The van der Waals surface area contributed by atoms with Gasteiger partial charge in [-0.05, 0) is 30.7 Å². The van der Waals surface area contributed by atoms with E-state index < -0.39 is 11.3 Å². The number of fused-ring (bicyclic) bond motifs is 4. The summed E-state index contributed by atoms with van der Waals surface area (Å²) in [7, 11) is 3.19. The molecule has 1 aliphatic heterocycles. The van der Waals surface area contributed by atoms with E-state index in [1.54, 1.807) is 19.2 Å². The van der Waals surface area contributed by atoms with Crippen molar-refractivity contribution >= 4 is 21.9 Å². The SMILES string of the molecule is COCCCN1COc2ccc3c(-c4cc5cccc(OC)c5oc4=O)cc(=O)oc3c2C1. The van der Waals surface area contributed by atoms with Gasteiger partial charge in [0.1, 0.15) is 18.1 Å². The molecule has 0 saturated carbocycles. The summed E-state index contributed by atoms with van der Waals surface area (Å²) in [5, 5.41) is 1.33. The van der Waals surface area contributed by atoms with E-state index >= 15 is 0 Å². The van der Waals surface area contributed by atoms with Crippen LogP contribution in [0.1, 0.15) is 12.0 Å². The highest BCUT2D eigenvalue weighted by Gasteiger charge is 2.23. The second kappa shape index (κ2) is 8.73. The number of methoxy groups -OCH3 is 2. The van der Waals surface area contributed by atoms with Crippen molar-refractivity contribution in [2.45, 2.75) is 13.0 Å². The van der Waals surface area contributed by atoms with Crippen molar-refractivity contribution in [3.05, 3.63) is 68.9 Å². The number of rotatable bonds is 6. The maximum atomic E-state index is 12.9. The molecule has 0 radical (unpaired) electrons. The molecular weight excluding hydrogens is 426 g/mol. The van der Waals surface area contributed by atoms with Crippen LogP contribution in [0.4, 0.5) is 0 Å². The quantitative estimate of drug-likeness (QED) is 0.325. The van der Waals surface area contributed by atoms with Crippen LogP contribution in [0.2, 0.25) is 0 Å². The topological polar surface area (TPSA) is 91.4 Å². The summed E-state index contributed by atoms with van der Waals surface area (Å²) in [6, 6.07) is 12.1. The average Bonchev–Trinajstić information content (AvgIpc) is 2.83. The lowest BCUT2D eigenvalue weighted by Gasteiger charge is -2.29. The first kappa shape index (κ1) is 21.2. The van der Waals surface area contributed by atoms with Crippen LogP contribution in [0.3, 0.4) is 0 Å². The summed E-state index contributed by atoms with van der Waals surface area (Å²) in [6.45, 7) is 2.44. The molecule has 0 unspecified atom stereocenters. The van der Waals surface area contributed by atoms with Gasteiger partial charge < -0.3 is 23.0 Å². The molecule has 0 spiro atoms.